The van der Waals surface area contributed by atoms with Crippen LogP contribution >= 0.6 is 15.9 Å². The van der Waals surface area contributed by atoms with Crippen molar-refractivity contribution in [2.75, 3.05) is 0 Å². The van der Waals surface area contributed by atoms with E-state index in [9.17, 15) is 0 Å². The predicted octanol–water partition coefficient (Wildman–Crippen LogP) is 1.64. The first-order valence-electron chi connectivity index (χ1n) is 3.72. The normalized spacial score (nSPS) is 10.3. The maximum absolute atomic E-state index is 4.20. The molecule has 66 valence electrons. The Labute approximate surface area is 83.8 Å². The zero-order valence-electron chi connectivity index (χ0n) is 6.98. The van der Waals surface area contributed by atoms with Gasteiger partial charge in [0.1, 0.15) is 16.8 Å². The van der Waals surface area contributed by atoms with Gasteiger partial charge in [0.05, 0.1) is 5.56 Å². The first kappa shape index (κ1) is 8.37. The van der Waals surface area contributed by atoms with Crippen LogP contribution in [-0.4, -0.2) is 19.5 Å². The number of nitrogens with zero attached hydrogens (tertiary/aromatic N) is 4. The van der Waals surface area contributed by atoms with Crippen LogP contribution in [0, 0.1) is 0 Å². The molecule has 2 aromatic rings. The Kier molecular flexibility index (Phi) is 2.10. The maximum Gasteiger partial charge on any atom is 0.143 e. The van der Waals surface area contributed by atoms with E-state index in [0.29, 0.717) is 0 Å². The van der Waals surface area contributed by atoms with Crippen LogP contribution in [0.4, 0.5) is 0 Å². The summed E-state index contributed by atoms with van der Waals surface area (Å²) in [6.45, 7) is 0. The lowest BCUT2D eigenvalue weighted by Gasteiger charge is -2.01. The summed E-state index contributed by atoms with van der Waals surface area (Å²) in [4.78, 5) is 12.2. The second-order valence-electron chi connectivity index (χ2n) is 2.59. The summed E-state index contributed by atoms with van der Waals surface area (Å²) in [5, 5.41) is 0. The third kappa shape index (κ3) is 1.47. The first-order valence-corrected chi connectivity index (χ1v) is 4.51. The molecule has 0 fully saturated rings. The van der Waals surface area contributed by atoms with Gasteiger partial charge < -0.3 is 4.57 Å². The summed E-state index contributed by atoms with van der Waals surface area (Å²) in [6, 6.07) is 0. The van der Waals surface area contributed by atoms with Gasteiger partial charge in [0, 0.05) is 25.6 Å². The van der Waals surface area contributed by atoms with Crippen LogP contribution in [0.3, 0.4) is 0 Å². The summed E-state index contributed by atoms with van der Waals surface area (Å²) < 4.78 is 2.68. The third-order valence-corrected chi connectivity index (χ3v) is 2.36. The summed E-state index contributed by atoms with van der Waals surface area (Å²) >= 11 is 3.35. The average Bonchev–Trinajstić information content (AvgIpc) is 2.52. The lowest BCUT2D eigenvalue weighted by atomic mass is 10.3. The van der Waals surface area contributed by atoms with Gasteiger partial charge in [-0.05, 0) is 15.9 Å². The molecule has 0 aliphatic carbocycles. The van der Waals surface area contributed by atoms with E-state index in [2.05, 4.69) is 30.9 Å². The minimum absolute atomic E-state index is 0.761. The largest absolute Gasteiger partial charge is 0.334 e. The topological polar surface area (TPSA) is 43.6 Å². The van der Waals surface area contributed by atoms with E-state index < -0.39 is 0 Å². The van der Waals surface area contributed by atoms with E-state index >= 15 is 0 Å². The molecule has 0 bridgehead atoms. The van der Waals surface area contributed by atoms with Gasteiger partial charge in [-0.15, -0.1) is 0 Å². The molecule has 0 saturated heterocycles. The van der Waals surface area contributed by atoms with Gasteiger partial charge in [0.15, 0.2) is 0 Å². The highest BCUT2D eigenvalue weighted by atomic mass is 79.9. The van der Waals surface area contributed by atoms with E-state index in [-0.39, 0.29) is 0 Å². The number of imidazole rings is 1. The molecule has 0 aliphatic rings. The van der Waals surface area contributed by atoms with Crippen LogP contribution in [0.15, 0.2) is 29.5 Å². The van der Waals surface area contributed by atoms with Crippen LogP contribution in [0.5, 0.6) is 0 Å². The predicted molar refractivity (Wildman–Crippen MR) is 51.9 cm³/mol. The van der Waals surface area contributed by atoms with Crippen molar-refractivity contribution >= 4 is 15.9 Å². The minimum Gasteiger partial charge on any atom is -0.334 e. The average molecular weight is 239 g/mol. The van der Waals surface area contributed by atoms with E-state index in [1.807, 2.05) is 17.8 Å². The molecule has 0 unspecified atom stereocenters. The van der Waals surface area contributed by atoms with Gasteiger partial charge in [-0.3, -0.25) is 0 Å². The second kappa shape index (κ2) is 3.26. The van der Waals surface area contributed by atoms with Gasteiger partial charge in [-0.25, -0.2) is 15.0 Å². The highest BCUT2D eigenvalue weighted by Gasteiger charge is 2.07. The number of hydrogen-bond acceptors (Lipinski definition) is 3. The van der Waals surface area contributed by atoms with Gasteiger partial charge in [-0.2, -0.15) is 0 Å². The van der Waals surface area contributed by atoms with E-state index in [1.54, 1.807) is 12.4 Å². The zero-order chi connectivity index (χ0) is 9.26. The lowest BCUT2D eigenvalue weighted by Crippen LogP contribution is -1.94. The molecule has 2 heterocycles. The van der Waals surface area contributed by atoms with E-state index in [0.717, 1.165) is 16.0 Å². The number of hydrogen-bond donors (Lipinski definition) is 0. The molecule has 0 aliphatic heterocycles. The fourth-order valence-electron chi connectivity index (χ4n) is 1.09. The summed E-state index contributed by atoms with van der Waals surface area (Å²) in [7, 11) is 1.93. The standard InChI is InChI=1S/C8H7BrN4/c1-13-3-2-11-8(13)6-4-10-5-12-7(6)9/h2-5H,1H3. The highest BCUT2D eigenvalue weighted by molar-refractivity contribution is 9.10. The second-order valence-corrected chi connectivity index (χ2v) is 3.34. The van der Waals surface area contributed by atoms with Crippen molar-refractivity contribution < 1.29 is 0 Å². The molecule has 0 atom stereocenters. The third-order valence-electron chi connectivity index (χ3n) is 1.73. The van der Waals surface area contributed by atoms with E-state index in [1.165, 1.54) is 6.33 Å². The van der Waals surface area contributed by atoms with Crippen molar-refractivity contribution in [3.05, 3.63) is 29.5 Å². The van der Waals surface area contributed by atoms with Crippen molar-refractivity contribution in [1.29, 1.82) is 0 Å². The molecule has 0 spiro atoms. The summed E-state index contributed by atoms with van der Waals surface area (Å²) in [5.74, 6) is 0.854. The van der Waals surface area contributed by atoms with Gasteiger partial charge >= 0.3 is 0 Å². The Balaban J connectivity index is 2.59. The van der Waals surface area contributed by atoms with Gasteiger partial charge in [-0.1, -0.05) is 0 Å². The SMILES string of the molecule is Cn1ccnc1-c1cncnc1Br. The Hall–Kier alpha value is -1.23. The number of rotatable bonds is 1. The molecular weight excluding hydrogens is 232 g/mol. The van der Waals surface area contributed by atoms with Crippen LogP contribution in [0.25, 0.3) is 11.4 Å². The Bertz CT molecular complexity index is 424. The number of halogens is 1. The molecule has 0 amide bonds. The maximum atomic E-state index is 4.20. The highest BCUT2D eigenvalue weighted by Crippen LogP contribution is 2.22. The van der Waals surface area contributed by atoms with Crippen molar-refractivity contribution in [3.8, 4) is 11.4 Å². The molecular formula is C8H7BrN4. The molecule has 0 aromatic carbocycles. The molecule has 0 radical (unpaired) electrons. The fourth-order valence-corrected chi connectivity index (χ4v) is 1.46. The van der Waals surface area contributed by atoms with Gasteiger partial charge in [0.2, 0.25) is 0 Å². The van der Waals surface area contributed by atoms with Crippen molar-refractivity contribution in [3.63, 3.8) is 0 Å². The zero-order valence-corrected chi connectivity index (χ0v) is 8.56. The molecule has 5 heteroatoms. The van der Waals surface area contributed by atoms with Crippen LogP contribution in [-0.2, 0) is 7.05 Å². The van der Waals surface area contributed by atoms with Gasteiger partial charge in [0.25, 0.3) is 0 Å². The molecule has 2 aromatic heterocycles. The Morgan fingerprint density at radius 2 is 2.23 bits per heavy atom. The van der Waals surface area contributed by atoms with Crippen LogP contribution < -0.4 is 0 Å². The molecule has 4 nitrogen and oxygen atoms in total. The van der Waals surface area contributed by atoms with Crippen molar-refractivity contribution in [1.82, 2.24) is 19.5 Å². The molecule has 0 saturated carbocycles. The first-order chi connectivity index (χ1) is 6.29. The molecule has 13 heavy (non-hydrogen) atoms. The fraction of sp³-hybridized carbons (Fsp3) is 0.125. The Morgan fingerprint density at radius 3 is 2.85 bits per heavy atom. The quantitative estimate of drug-likeness (QED) is 0.710. The van der Waals surface area contributed by atoms with Crippen molar-refractivity contribution in [2.24, 2.45) is 7.05 Å². The lowest BCUT2D eigenvalue weighted by molar-refractivity contribution is 0.919. The van der Waals surface area contributed by atoms with E-state index in [4.69, 9.17) is 0 Å². The summed E-state index contributed by atoms with van der Waals surface area (Å²) in [6.07, 6.45) is 6.86. The number of aromatic nitrogens is 4. The number of aryl methyl sites for hydroxylation is 1. The van der Waals surface area contributed by atoms with Crippen molar-refractivity contribution in [2.45, 2.75) is 0 Å². The molecule has 0 N–H and O–H groups in total. The van der Waals surface area contributed by atoms with Crippen LogP contribution in [0.1, 0.15) is 0 Å². The van der Waals surface area contributed by atoms with Crippen LogP contribution in [0.2, 0.25) is 0 Å². The smallest absolute Gasteiger partial charge is 0.143 e. The monoisotopic (exact) mass is 238 g/mol. The Morgan fingerprint density at radius 1 is 1.38 bits per heavy atom. The molecule has 2 rings (SSSR count). The summed E-state index contributed by atoms with van der Waals surface area (Å²) in [5.41, 5.74) is 0.898. The minimum atomic E-state index is 0.761.